The van der Waals surface area contributed by atoms with Crippen LogP contribution in [0.3, 0.4) is 0 Å². The molecular weight excluding hydrogens is 376 g/mol. The van der Waals surface area contributed by atoms with Crippen molar-refractivity contribution in [2.24, 2.45) is 0 Å². The number of rotatable bonds is 8. The summed E-state index contributed by atoms with van der Waals surface area (Å²) in [6.07, 6.45) is 6.71. The molecule has 1 aliphatic heterocycles. The molecule has 1 amide bonds. The van der Waals surface area contributed by atoms with E-state index in [1.54, 1.807) is 18.3 Å². The van der Waals surface area contributed by atoms with Gasteiger partial charge in [-0.25, -0.2) is 0 Å². The van der Waals surface area contributed by atoms with Crippen molar-refractivity contribution in [3.63, 3.8) is 0 Å². The molecule has 1 aliphatic rings. The lowest BCUT2D eigenvalue weighted by Gasteiger charge is -2.26. The second-order valence-electron chi connectivity index (χ2n) is 7.60. The van der Waals surface area contributed by atoms with Crippen LogP contribution in [-0.4, -0.2) is 47.2 Å². The van der Waals surface area contributed by atoms with Crippen molar-refractivity contribution >= 4 is 11.6 Å². The van der Waals surface area contributed by atoms with E-state index in [1.807, 2.05) is 42.5 Å². The zero-order valence-corrected chi connectivity index (χ0v) is 17.1. The monoisotopic (exact) mass is 404 g/mol. The SMILES string of the molecule is O=C(Nc1ccccc1-c1ccn[nH]1)c1ccc(OCCCN2CCCCC2)cc1. The van der Waals surface area contributed by atoms with Crippen LogP contribution in [0.2, 0.25) is 0 Å². The summed E-state index contributed by atoms with van der Waals surface area (Å²) >= 11 is 0. The van der Waals surface area contributed by atoms with Gasteiger partial charge in [-0.3, -0.25) is 9.89 Å². The number of carbonyl (C=O) groups excluding carboxylic acids is 1. The zero-order valence-electron chi connectivity index (χ0n) is 17.1. The van der Waals surface area contributed by atoms with E-state index in [4.69, 9.17) is 4.74 Å². The minimum absolute atomic E-state index is 0.154. The molecule has 0 saturated carbocycles. The first-order chi connectivity index (χ1) is 14.8. The van der Waals surface area contributed by atoms with E-state index in [9.17, 15) is 4.79 Å². The molecule has 2 heterocycles. The van der Waals surface area contributed by atoms with Crippen molar-refractivity contribution in [2.75, 3.05) is 31.6 Å². The van der Waals surface area contributed by atoms with E-state index in [2.05, 4.69) is 20.4 Å². The highest BCUT2D eigenvalue weighted by atomic mass is 16.5. The summed E-state index contributed by atoms with van der Waals surface area (Å²) < 4.78 is 5.85. The predicted molar refractivity (Wildman–Crippen MR) is 119 cm³/mol. The van der Waals surface area contributed by atoms with Gasteiger partial charge in [0, 0.05) is 23.9 Å². The van der Waals surface area contributed by atoms with Gasteiger partial charge in [-0.15, -0.1) is 0 Å². The van der Waals surface area contributed by atoms with E-state index in [1.165, 1.54) is 32.4 Å². The molecule has 1 fully saturated rings. The van der Waals surface area contributed by atoms with Crippen LogP contribution in [0.25, 0.3) is 11.3 Å². The normalized spacial score (nSPS) is 14.4. The number of nitrogens with one attached hydrogen (secondary N) is 2. The summed E-state index contributed by atoms with van der Waals surface area (Å²) in [7, 11) is 0. The van der Waals surface area contributed by atoms with Crippen molar-refractivity contribution in [3.8, 4) is 17.0 Å². The average Bonchev–Trinajstić information content (AvgIpc) is 3.33. The summed E-state index contributed by atoms with van der Waals surface area (Å²) in [4.78, 5) is 15.2. The van der Waals surface area contributed by atoms with E-state index >= 15 is 0 Å². The molecule has 156 valence electrons. The summed E-state index contributed by atoms with van der Waals surface area (Å²) in [5.74, 6) is 0.640. The quantitative estimate of drug-likeness (QED) is 0.539. The van der Waals surface area contributed by atoms with Crippen LogP contribution in [0.4, 0.5) is 5.69 Å². The molecule has 30 heavy (non-hydrogen) atoms. The van der Waals surface area contributed by atoms with Gasteiger partial charge in [0.15, 0.2) is 0 Å². The van der Waals surface area contributed by atoms with E-state index < -0.39 is 0 Å². The number of carbonyl (C=O) groups is 1. The Balaban J connectivity index is 1.29. The average molecular weight is 405 g/mol. The first-order valence-corrected chi connectivity index (χ1v) is 10.6. The van der Waals surface area contributed by atoms with Crippen LogP contribution in [0.15, 0.2) is 60.8 Å². The fourth-order valence-electron chi connectivity index (χ4n) is 3.79. The van der Waals surface area contributed by atoms with Gasteiger partial charge >= 0.3 is 0 Å². The zero-order chi connectivity index (χ0) is 20.6. The van der Waals surface area contributed by atoms with Crippen LogP contribution in [-0.2, 0) is 0 Å². The Morgan fingerprint density at radius 1 is 1.03 bits per heavy atom. The Labute approximate surface area is 177 Å². The topological polar surface area (TPSA) is 70.2 Å². The molecule has 0 spiro atoms. The molecule has 6 heteroatoms. The number of hydrogen-bond donors (Lipinski definition) is 2. The third kappa shape index (κ3) is 5.27. The van der Waals surface area contributed by atoms with E-state index in [0.717, 1.165) is 35.7 Å². The second kappa shape index (κ2) is 10.1. The van der Waals surface area contributed by atoms with E-state index in [0.29, 0.717) is 12.2 Å². The lowest BCUT2D eigenvalue weighted by molar-refractivity contribution is 0.102. The molecule has 1 saturated heterocycles. The Morgan fingerprint density at radius 3 is 2.60 bits per heavy atom. The molecule has 1 aromatic heterocycles. The Hall–Kier alpha value is -3.12. The smallest absolute Gasteiger partial charge is 0.255 e. The van der Waals surface area contributed by atoms with Crippen LogP contribution >= 0.6 is 0 Å². The molecule has 6 nitrogen and oxygen atoms in total. The standard InChI is InChI=1S/C24H28N4O2/c29-24(26-22-8-3-2-7-21(22)23-13-14-25-27-23)19-9-11-20(12-10-19)30-18-6-17-28-15-4-1-5-16-28/h2-3,7-14H,1,4-6,15-18H2,(H,25,27)(H,26,29). The van der Waals surface area contributed by atoms with Crippen LogP contribution < -0.4 is 10.1 Å². The number of piperidine rings is 1. The molecular formula is C24H28N4O2. The molecule has 0 bridgehead atoms. The van der Waals surface area contributed by atoms with Gasteiger partial charge in [-0.05, 0) is 68.8 Å². The molecule has 0 unspecified atom stereocenters. The van der Waals surface area contributed by atoms with Crippen LogP contribution in [0.1, 0.15) is 36.0 Å². The molecule has 4 rings (SSSR count). The molecule has 2 N–H and O–H groups in total. The molecule has 0 atom stereocenters. The lowest BCUT2D eigenvalue weighted by atomic mass is 10.1. The van der Waals surface area contributed by atoms with Gasteiger partial charge in [0.2, 0.25) is 0 Å². The number of anilines is 1. The second-order valence-corrected chi connectivity index (χ2v) is 7.60. The number of hydrogen-bond acceptors (Lipinski definition) is 4. The van der Waals surface area contributed by atoms with Crippen molar-refractivity contribution in [2.45, 2.75) is 25.7 Å². The largest absolute Gasteiger partial charge is 0.494 e. The first-order valence-electron chi connectivity index (χ1n) is 10.6. The maximum absolute atomic E-state index is 12.7. The number of benzene rings is 2. The maximum atomic E-state index is 12.7. The fourth-order valence-corrected chi connectivity index (χ4v) is 3.79. The molecule has 0 radical (unpaired) electrons. The third-order valence-electron chi connectivity index (χ3n) is 5.42. The van der Waals surface area contributed by atoms with Gasteiger partial charge in [0.05, 0.1) is 18.0 Å². The van der Waals surface area contributed by atoms with Gasteiger partial charge in [0.1, 0.15) is 5.75 Å². The predicted octanol–water partition coefficient (Wildman–Crippen LogP) is 4.58. The Morgan fingerprint density at radius 2 is 1.83 bits per heavy atom. The number of H-pyrrole nitrogens is 1. The van der Waals surface area contributed by atoms with Gasteiger partial charge in [-0.1, -0.05) is 24.6 Å². The minimum atomic E-state index is -0.154. The Bertz CT molecular complexity index is 932. The summed E-state index contributed by atoms with van der Waals surface area (Å²) in [6.45, 7) is 4.22. The van der Waals surface area contributed by atoms with Gasteiger partial charge in [0.25, 0.3) is 5.91 Å². The van der Waals surface area contributed by atoms with Crippen molar-refractivity contribution in [1.29, 1.82) is 0 Å². The van der Waals surface area contributed by atoms with E-state index in [-0.39, 0.29) is 5.91 Å². The van der Waals surface area contributed by atoms with Gasteiger partial charge < -0.3 is 15.0 Å². The maximum Gasteiger partial charge on any atom is 0.255 e. The lowest BCUT2D eigenvalue weighted by Crippen LogP contribution is -2.31. The highest BCUT2D eigenvalue weighted by Crippen LogP contribution is 2.26. The third-order valence-corrected chi connectivity index (χ3v) is 5.42. The number of likely N-dealkylation sites (tertiary alicyclic amines) is 1. The number of para-hydroxylation sites is 1. The highest BCUT2D eigenvalue weighted by Gasteiger charge is 2.12. The van der Waals surface area contributed by atoms with Crippen molar-refractivity contribution in [3.05, 3.63) is 66.4 Å². The number of ether oxygens (including phenoxy) is 1. The molecule has 0 aliphatic carbocycles. The fraction of sp³-hybridized carbons (Fsp3) is 0.333. The minimum Gasteiger partial charge on any atom is -0.494 e. The Kier molecular flexibility index (Phi) is 6.77. The van der Waals surface area contributed by atoms with Crippen LogP contribution in [0.5, 0.6) is 5.75 Å². The number of aromatic nitrogens is 2. The summed E-state index contributed by atoms with van der Waals surface area (Å²) in [6, 6.07) is 16.9. The highest BCUT2D eigenvalue weighted by molar-refractivity contribution is 6.06. The summed E-state index contributed by atoms with van der Waals surface area (Å²) in [5, 5.41) is 9.92. The van der Waals surface area contributed by atoms with Crippen LogP contribution in [0, 0.1) is 0 Å². The molecule has 3 aromatic rings. The summed E-state index contributed by atoms with van der Waals surface area (Å²) in [5.41, 5.74) is 3.09. The number of aromatic amines is 1. The first kappa shape index (κ1) is 20.2. The van der Waals surface area contributed by atoms with Crippen molar-refractivity contribution in [1.82, 2.24) is 15.1 Å². The number of amides is 1. The number of nitrogens with zero attached hydrogens (tertiary/aromatic N) is 2. The van der Waals surface area contributed by atoms with Crippen molar-refractivity contribution < 1.29 is 9.53 Å². The molecule has 2 aromatic carbocycles. The van der Waals surface area contributed by atoms with Gasteiger partial charge in [-0.2, -0.15) is 5.10 Å².